The van der Waals surface area contributed by atoms with Crippen molar-refractivity contribution in [1.82, 2.24) is 9.71 Å². The lowest BCUT2D eigenvalue weighted by atomic mass is 10.0. The first-order valence-corrected chi connectivity index (χ1v) is 13.9. The van der Waals surface area contributed by atoms with Crippen molar-refractivity contribution in [1.29, 1.82) is 5.41 Å². The van der Waals surface area contributed by atoms with Crippen molar-refractivity contribution < 1.29 is 13.2 Å². The molecule has 37 heavy (non-hydrogen) atoms. The molecular weight excluding hydrogens is 508 g/mol. The van der Waals surface area contributed by atoms with Gasteiger partial charge in [0.25, 0.3) is 0 Å². The van der Waals surface area contributed by atoms with Crippen LogP contribution < -0.4 is 21.5 Å². The van der Waals surface area contributed by atoms with Crippen LogP contribution in [0.4, 0.5) is 5.69 Å². The van der Waals surface area contributed by atoms with Gasteiger partial charge in [0.1, 0.15) is 10.8 Å². The van der Waals surface area contributed by atoms with Crippen molar-refractivity contribution in [2.24, 2.45) is 17.4 Å². The molecular formula is C26H28N6O3S2. The van der Waals surface area contributed by atoms with Gasteiger partial charge in [-0.25, -0.2) is 18.1 Å². The number of carbonyl (C=O) groups is 1. The Bertz CT molecular complexity index is 1520. The molecule has 3 aromatic carbocycles. The highest BCUT2D eigenvalue weighted by Crippen LogP contribution is 2.30. The van der Waals surface area contributed by atoms with E-state index in [0.29, 0.717) is 22.7 Å². The summed E-state index contributed by atoms with van der Waals surface area (Å²) in [5.74, 6) is -0.767. The molecule has 0 aliphatic carbocycles. The Morgan fingerprint density at radius 1 is 1.08 bits per heavy atom. The summed E-state index contributed by atoms with van der Waals surface area (Å²) >= 11 is 1.41. The molecule has 0 saturated heterocycles. The first-order chi connectivity index (χ1) is 17.7. The second-order valence-electron chi connectivity index (χ2n) is 8.67. The zero-order valence-electron chi connectivity index (χ0n) is 20.1. The molecule has 0 fully saturated rings. The Balaban J connectivity index is 1.67. The fraction of sp³-hybridized carbons (Fsp3) is 0.192. The van der Waals surface area contributed by atoms with Crippen LogP contribution >= 0.6 is 11.3 Å². The number of fused-ring (bicyclic) bond motifs is 1. The lowest BCUT2D eigenvalue weighted by Gasteiger charge is -2.18. The fourth-order valence-electron chi connectivity index (χ4n) is 3.69. The van der Waals surface area contributed by atoms with Crippen LogP contribution in [0.15, 0.2) is 77.7 Å². The Hall–Kier alpha value is -3.64. The zero-order valence-corrected chi connectivity index (χ0v) is 21.8. The van der Waals surface area contributed by atoms with Crippen molar-refractivity contribution >= 4 is 49.0 Å². The average molecular weight is 537 g/mol. The summed E-state index contributed by atoms with van der Waals surface area (Å²) in [4.78, 5) is 16.9. The maximum absolute atomic E-state index is 13.5. The molecule has 2 atom stereocenters. The third-order valence-corrected chi connectivity index (χ3v) is 8.42. The first-order valence-electron chi connectivity index (χ1n) is 11.6. The van der Waals surface area contributed by atoms with Gasteiger partial charge in [-0.15, -0.1) is 11.3 Å². The largest absolute Gasteiger partial charge is 0.384 e. The molecule has 0 aliphatic rings. The van der Waals surface area contributed by atoms with E-state index >= 15 is 0 Å². The molecule has 0 saturated carbocycles. The van der Waals surface area contributed by atoms with E-state index in [9.17, 15) is 13.2 Å². The summed E-state index contributed by atoms with van der Waals surface area (Å²) in [6, 6.07) is 20.1. The minimum absolute atomic E-state index is 0.00861. The average Bonchev–Trinajstić information content (AvgIpc) is 3.32. The van der Waals surface area contributed by atoms with Gasteiger partial charge in [-0.05, 0) is 48.4 Å². The van der Waals surface area contributed by atoms with E-state index in [1.165, 1.54) is 23.5 Å². The molecule has 1 heterocycles. The number of para-hydroxylation sites is 1. The summed E-state index contributed by atoms with van der Waals surface area (Å²) in [5, 5.41) is 11.1. The predicted octanol–water partition coefficient (Wildman–Crippen LogP) is 3.38. The van der Waals surface area contributed by atoms with Gasteiger partial charge in [0.15, 0.2) is 0 Å². The lowest BCUT2D eigenvalue weighted by molar-refractivity contribution is -0.119. The molecule has 1 amide bonds. The van der Waals surface area contributed by atoms with Crippen LogP contribution in [0.5, 0.6) is 0 Å². The van der Waals surface area contributed by atoms with Gasteiger partial charge in [-0.3, -0.25) is 10.2 Å². The third kappa shape index (κ3) is 6.38. The normalized spacial score (nSPS) is 13.2. The molecule has 0 radical (unpaired) electrons. The van der Waals surface area contributed by atoms with E-state index in [4.69, 9.17) is 16.9 Å². The molecule has 1 aromatic heterocycles. The molecule has 4 aromatic rings. The highest BCUT2D eigenvalue weighted by atomic mass is 32.2. The Morgan fingerprint density at radius 3 is 2.57 bits per heavy atom. The van der Waals surface area contributed by atoms with E-state index in [2.05, 4.69) is 15.0 Å². The zero-order chi connectivity index (χ0) is 26.6. The van der Waals surface area contributed by atoms with E-state index in [1.54, 1.807) is 37.3 Å². The van der Waals surface area contributed by atoms with Crippen LogP contribution in [0, 0.1) is 11.3 Å². The minimum Gasteiger partial charge on any atom is -0.384 e. The van der Waals surface area contributed by atoms with Crippen LogP contribution in [0.3, 0.4) is 0 Å². The molecule has 0 spiro atoms. The molecule has 7 N–H and O–H groups in total. The Labute approximate surface area is 219 Å². The highest BCUT2D eigenvalue weighted by molar-refractivity contribution is 7.89. The summed E-state index contributed by atoms with van der Waals surface area (Å²) in [5.41, 5.74) is 13.7. The van der Waals surface area contributed by atoms with Gasteiger partial charge >= 0.3 is 0 Å². The van der Waals surface area contributed by atoms with Crippen LogP contribution in [-0.4, -0.2) is 31.7 Å². The number of nitrogens with zero attached hydrogens (tertiary/aromatic N) is 1. The second kappa shape index (κ2) is 11.2. The predicted molar refractivity (Wildman–Crippen MR) is 147 cm³/mol. The van der Waals surface area contributed by atoms with Crippen LogP contribution in [0.2, 0.25) is 0 Å². The third-order valence-electron chi connectivity index (χ3n) is 5.80. The number of hydrogen-bond donors (Lipinski definition) is 5. The Morgan fingerprint density at radius 2 is 1.84 bits per heavy atom. The number of sulfonamides is 1. The summed E-state index contributed by atoms with van der Waals surface area (Å²) in [6.07, 6.45) is 0.296. The number of anilines is 1. The number of hydrogen-bond acceptors (Lipinski definition) is 7. The number of thiazole rings is 1. The smallest absolute Gasteiger partial charge is 0.241 e. The monoisotopic (exact) mass is 536 g/mol. The van der Waals surface area contributed by atoms with Crippen molar-refractivity contribution in [3.8, 4) is 0 Å². The van der Waals surface area contributed by atoms with E-state index in [0.717, 1.165) is 15.8 Å². The quantitative estimate of drug-likeness (QED) is 0.154. The molecule has 9 nitrogen and oxygen atoms in total. The topological polar surface area (TPSA) is 164 Å². The van der Waals surface area contributed by atoms with Gasteiger partial charge in [0.05, 0.1) is 21.2 Å². The SMILES string of the molecule is C[C@H](CN)C(=O)Nc1cccc(S(=O)(=O)NC(Cc2cccc(C(=N)N)c2)c2nc3ccccc3s2)c1. The number of nitrogens with one attached hydrogen (secondary N) is 3. The number of amides is 1. The van der Waals surface area contributed by atoms with Gasteiger partial charge in [0.2, 0.25) is 15.9 Å². The van der Waals surface area contributed by atoms with Crippen LogP contribution in [0.25, 0.3) is 10.2 Å². The van der Waals surface area contributed by atoms with Crippen molar-refractivity contribution in [3.63, 3.8) is 0 Å². The van der Waals surface area contributed by atoms with Gasteiger partial charge in [0, 0.05) is 23.7 Å². The first kappa shape index (κ1) is 26.4. The molecule has 11 heteroatoms. The highest BCUT2D eigenvalue weighted by Gasteiger charge is 2.25. The van der Waals surface area contributed by atoms with Crippen molar-refractivity contribution in [2.45, 2.75) is 24.3 Å². The molecule has 0 bridgehead atoms. The Kier molecular flexibility index (Phi) is 7.98. The molecule has 0 aliphatic heterocycles. The van der Waals surface area contributed by atoms with Crippen molar-refractivity contribution in [3.05, 3.63) is 88.9 Å². The maximum atomic E-state index is 13.5. The summed E-state index contributed by atoms with van der Waals surface area (Å²) < 4.78 is 30.8. The number of nitrogens with two attached hydrogens (primary N) is 2. The number of benzene rings is 3. The van der Waals surface area contributed by atoms with Crippen molar-refractivity contribution in [2.75, 3.05) is 11.9 Å². The second-order valence-corrected chi connectivity index (χ2v) is 11.4. The number of aromatic nitrogens is 1. The summed E-state index contributed by atoms with van der Waals surface area (Å²) in [7, 11) is -4.00. The molecule has 192 valence electrons. The van der Waals surface area contributed by atoms with E-state index in [1.807, 2.05) is 30.3 Å². The van der Waals surface area contributed by atoms with Gasteiger partial charge in [-0.1, -0.05) is 43.3 Å². The fourth-order valence-corrected chi connectivity index (χ4v) is 6.03. The van der Waals surface area contributed by atoms with Gasteiger partial charge in [-0.2, -0.15) is 0 Å². The summed E-state index contributed by atoms with van der Waals surface area (Å²) in [6.45, 7) is 1.88. The maximum Gasteiger partial charge on any atom is 0.241 e. The number of carbonyl (C=O) groups excluding carboxylic acids is 1. The van der Waals surface area contributed by atoms with E-state index in [-0.39, 0.29) is 23.2 Å². The van der Waals surface area contributed by atoms with E-state index < -0.39 is 22.0 Å². The number of nitrogen functional groups attached to an aromatic ring is 1. The van der Waals surface area contributed by atoms with Gasteiger partial charge < -0.3 is 16.8 Å². The standard InChI is InChI=1S/C26H28N6O3S2/c1-16(15-27)25(33)30-19-8-5-9-20(14-19)37(34,35)32-22(13-17-6-4-7-18(12-17)24(28)29)26-31-21-10-2-3-11-23(21)36-26/h2-12,14,16,22,32H,13,15,27H2,1H3,(H3,28,29)(H,30,33)/t16-,22?/m1/s1. The number of amidine groups is 1. The molecule has 4 rings (SSSR count). The lowest BCUT2D eigenvalue weighted by Crippen LogP contribution is -2.30. The number of rotatable bonds is 10. The van der Waals surface area contributed by atoms with Crippen LogP contribution in [0.1, 0.15) is 29.1 Å². The minimum atomic E-state index is -4.00. The van der Waals surface area contributed by atoms with Crippen LogP contribution in [-0.2, 0) is 21.2 Å². The molecule has 1 unspecified atom stereocenters.